The Bertz CT molecular complexity index is 471. The number of amides is 2. The Balaban J connectivity index is 1.25. The lowest BCUT2D eigenvalue weighted by molar-refractivity contribution is -0.132. The van der Waals surface area contributed by atoms with Gasteiger partial charge in [-0.2, -0.15) is 0 Å². The number of hydrogen-bond donors (Lipinski definition) is 1. The minimum Gasteiger partial charge on any atom is -0.378 e. The third-order valence-electron chi connectivity index (χ3n) is 6.02. The molecule has 2 amide bonds. The Labute approximate surface area is 167 Å². The number of morpholine rings is 1. The lowest BCUT2D eigenvalue weighted by atomic mass is 9.88. The normalized spacial score (nSPS) is 23.3. The summed E-state index contributed by atoms with van der Waals surface area (Å²) in [6.45, 7) is 6.04. The van der Waals surface area contributed by atoms with Crippen LogP contribution >= 0.6 is 11.8 Å². The second-order valence-corrected chi connectivity index (χ2v) is 9.12. The quantitative estimate of drug-likeness (QED) is 0.709. The van der Waals surface area contributed by atoms with Gasteiger partial charge in [0.15, 0.2) is 0 Å². The molecule has 0 aromatic carbocycles. The molecule has 0 aromatic rings. The Morgan fingerprint density at radius 3 is 2.33 bits per heavy atom. The first-order chi connectivity index (χ1) is 13.2. The van der Waals surface area contributed by atoms with Gasteiger partial charge in [-0.15, -0.1) is 11.8 Å². The summed E-state index contributed by atoms with van der Waals surface area (Å²) in [5.74, 6) is 1.84. The number of ether oxygens (including phenoxy) is 1. The molecule has 3 rings (SSSR count). The first-order valence-electron chi connectivity index (χ1n) is 10.7. The molecule has 1 aliphatic carbocycles. The van der Waals surface area contributed by atoms with Gasteiger partial charge >= 0.3 is 0 Å². The van der Waals surface area contributed by atoms with Crippen LogP contribution in [0.1, 0.15) is 44.9 Å². The summed E-state index contributed by atoms with van der Waals surface area (Å²) < 4.78 is 5.26. The highest BCUT2D eigenvalue weighted by atomic mass is 32.2. The number of thioether (sulfide) groups is 1. The van der Waals surface area contributed by atoms with E-state index in [4.69, 9.17) is 4.74 Å². The van der Waals surface area contributed by atoms with E-state index in [1.807, 2.05) is 4.90 Å². The molecule has 0 atom stereocenters. The molecule has 27 heavy (non-hydrogen) atoms. The second kappa shape index (κ2) is 11.3. The van der Waals surface area contributed by atoms with Crippen molar-refractivity contribution in [2.45, 2.75) is 51.0 Å². The van der Waals surface area contributed by atoms with Crippen molar-refractivity contribution in [3.63, 3.8) is 0 Å². The summed E-state index contributed by atoms with van der Waals surface area (Å²) in [6.07, 6.45) is 9.13. The number of piperidine rings is 1. The Morgan fingerprint density at radius 1 is 0.926 bits per heavy atom. The van der Waals surface area contributed by atoms with Crippen molar-refractivity contribution in [2.24, 2.45) is 5.92 Å². The Morgan fingerprint density at radius 2 is 1.63 bits per heavy atom. The SMILES string of the molecule is O=C(CSCC(=O)N1CCOCC1)NC1CCN(CC2CCCCC2)CC1. The van der Waals surface area contributed by atoms with Crippen LogP contribution in [0.25, 0.3) is 0 Å². The third kappa shape index (κ3) is 7.27. The first kappa shape index (κ1) is 20.9. The fraction of sp³-hybridized carbons (Fsp3) is 0.900. The van der Waals surface area contributed by atoms with Crippen molar-refractivity contribution < 1.29 is 14.3 Å². The van der Waals surface area contributed by atoms with Gasteiger partial charge < -0.3 is 19.9 Å². The van der Waals surface area contributed by atoms with Crippen LogP contribution in [0.4, 0.5) is 0 Å². The molecule has 0 unspecified atom stereocenters. The van der Waals surface area contributed by atoms with Gasteiger partial charge in [0.05, 0.1) is 24.7 Å². The Kier molecular flexibility index (Phi) is 8.74. The number of carbonyl (C=O) groups is 2. The topological polar surface area (TPSA) is 61.9 Å². The fourth-order valence-electron chi connectivity index (χ4n) is 4.40. The van der Waals surface area contributed by atoms with Crippen LogP contribution in [0.5, 0.6) is 0 Å². The highest BCUT2D eigenvalue weighted by Crippen LogP contribution is 2.25. The molecule has 0 aromatic heterocycles. The molecule has 0 bridgehead atoms. The number of rotatable bonds is 7. The number of nitrogens with zero attached hydrogens (tertiary/aromatic N) is 2. The molecule has 2 saturated heterocycles. The zero-order chi connectivity index (χ0) is 18.9. The van der Waals surface area contributed by atoms with E-state index < -0.39 is 0 Å². The minimum atomic E-state index is 0.0699. The van der Waals surface area contributed by atoms with Crippen LogP contribution in [-0.2, 0) is 14.3 Å². The zero-order valence-electron chi connectivity index (χ0n) is 16.5. The van der Waals surface area contributed by atoms with Crippen molar-refractivity contribution in [1.29, 1.82) is 0 Å². The summed E-state index contributed by atoms with van der Waals surface area (Å²) in [5.41, 5.74) is 0. The minimum absolute atomic E-state index is 0.0699. The highest BCUT2D eigenvalue weighted by molar-refractivity contribution is 8.00. The maximum Gasteiger partial charge on any atom is 0.232 e. The molecule has 154 valence electrons. The molecule has 0 radical (unpaired) electrons. The van der Waals surface area contributed by atoms with Crippen molar-refractivity contribution in [2.75, 3.05) is 57.4 Å². The molecule has 3 aliphatic rings. The lowest BCUT2D eigenvalue weighted by Crippen LogP contribution is -2.46. The molecule has 7 heteroatoms. The fourth-order valence-corrected chi connectivity index (χ4v) is 5.13. The zero-order valence-corrected chi connectivity index (χ0v) is 17.3. The van der Waals surface area contributed by atoms with Crippen molar-refractivity contribution >= 4 is 23.6 Å². The predicted octanol–water partition coefficient (Wildman–Crippen LogP) is 1.74. The molecule has 6 nitrogen and oxygen atoms in total. The van der Waals surface area contributed by atoms with Gasteiger partial charge in [0.25, 0.3) is 0 Å². The largest absolute Gasteiger partial charge is 0.378 e. The van der Waals surface area contributed by atoms with E-state index in [0.29, 0.717) is 43.9 Å². The predicted molar refractivity (Wildman–Crippen MR) is 109 cm³/mol. The molecule has 2 aliphatic heterocycles. The molecular formula is C20H35N3O3S. The average molecular weight is 398 g/mol. The first-order valence-corrected chi connectivity index (χ1v) is 11.8. The van der Waals surface area contributed by atoms with Crippen molar-refractivity contribution in [1.82, 2.24) is 15.1 Å². The molecular weight excluding hydrogens is 362 g/mol. The van der Waals surface area contributed by atoms with E-state index in [1.165, 1.54) is 50.4 Å². The summed E-state index contributed by atoms with van der Waals surface area (Å²) >= 11 is 1.42. The van der Waals surface area contributed by atoms with Crippen molar-refractivity contribution in [3.8, 4) is 0 Å². The van der Waals surface area contributed by atoms with Crippen LogP contribution in [0, 0.1) is 5.92 Å². The van der Waals surface area contributed by atoms with Gasteiger partial charge in [0, 0.05) is 38.8 Å². The van der Waals surface area contributed by atoms with Crippen LogP contribution < -0.4 is 5.32 Å². The van der Waals surface area contributed by atoms with E-state index in [9.17, 15) is 9.59 Å². The Hall–Kier alpha value is -0.790. The number of carbonyl (C=O) groups excluding carboxylic acids is 2. The number of likely N-dealkylation sites (tertiary alicyclic amines) is 1. The lowest BCUT2D eigenvalue weighted by Gasteiger charge is -2.35. The van der Waals surface area contributed by atoms with Crippen LogP contribution in [0.15, 0.2) is 0 Å². The van der Waals surface area contributed by atoms with E-state index in [-0.39, 0.29) is 11.8 Å². The summed E-state index contributed by atoms with van der Waals surface area (Å²) in [7, 11) is 0. The highest BCUT2D eigenvalue weighted by Gasteiger charge is 2.24. The second-order valence-electron chi connectivity index (χ2n) is 8.13. The number of hydrogen-bond acceptors (Lipinski definition) is 5. The van der Waals surface area contributed by atoms with Crippen LogP contribution in [0.3, 0.4) is 0 Å². The molecule has 0 spiro atoms. The average Bonchev–Trinajstić information content (AvgIpc) is 2.71. The smallest absolute Gasteiger partial charge is 0.232 e. The summed E-state index contributed by atoms with van der Waals surface area (Å²) in [5, 5.41) is 3.16. The van der Waals surface area contributed by atoms with Gasteiger partial charge in [-0.05, 0) is 31.6 Å². The van der Waals surface area contributed by atoms with Gasteiger partial charge in [0.1, 0.15) is 0 Å². The molecule has 2 heterocycles. The maximum absolute atomic E-state index is 12.2. The van der Waals surface area contributed by atoms with E-state index in [1.54, 1.807) is 0 Å². The monoisotopic (exact) mass is 397 g/mol. The van der Waals surface area contributed by atoms with Crippen molar-refractivity contribution in [3.05, 3.63) is 0 Å². The van der Waals surface area contributed by atoms with E-state index in [2.05, 4.69) is 10.2 Å². The molecule has 1 saturated carbocycles. The molecule has 3 fully saturated rings. The van der Waals surface area contributed by atoms with Gasteiger partial charge in [-0.1, -0.05) is 19.3 Å². The summed E-state index contributed by atoms with van der Waals surface area (Å²) in [6, 6.07) is 0.302. The standard InChI is InChI=1S/C20H35N3O3S/c24-19(15-27-16-20(25)23-10-12-26-13-11-23)21-18-6-8-22(9-7-18)14-17-4-2-1-3-5-17/h17-18H,1-16H2,(H,21,24). The third-order valence-corrected chi connectivity index (χ3v) is 6.93. The van der Waals surface area contributed by atoms with Crippen LogP contribution in [-0.4, -0.2) is 85.1 Å². The van der Waals surface area contributed by atoms with Gasteiger partial charge in [-0.3, -0.25) is 9.59 Å². The van der Waals surface area contributed by atoms with Crippen LogP contribution in [0.2, 0.25) is 0 Å². The maximum atomic E-state index is 12.2. The van der Waals surface area contributed by atoms with Gasteiger partial charge in [-0.25, -0.2) is 0 Å². The molecule has 1 N–H and O–H groups in total. The number of nitrogens with one attached hydrogen (secondary N) is 1. The summed E-state index contributed by atoms with van der Waals surface area (Å²) in [4.78, 5) is 28.7. The van der Waals surface area contributed by atoms with E-state index >= 15 is 0 Å². The van der Waals surface area contributed by atoms with E-state index in [0.717, 1.165) is 31.8 Å². The van der Waals surface area contributed by atoms with Gasteiger partial charge in [0.2, 0.25) is 11.8 Å².